The molecule has 1 aliphatic carbocycles. The number of nitrogens with one attached hydrogen (secondary N) is 1. The van der Waals surface area contributed by atoms with E-state index in [0.29, 0.717) is 25.1 Å². The van der Waals surface area contributed by atoms with Crippen molar-refractivity contribution in [2.45, 2.75) is 37.8 Å². The number of carboxylic acid groups (broad SMARTS) is 1. The molecule has 0 saturated carbocycles. The van der Waals surface area contributed by atoms with Crippen molar-refractivity contribution in [3.05, 3.63) is 83.3 Å². The summed E-state index contributed by atoms with van der Waals surface area (Å²) in [5.74, 6) is -1.13. The number of hydrogen-bond donors (Lipinski definition) is 2. The van der Waals surface area contributed by atoms with Crippen LogP contribution < -0.4 is 5.32 Å². The Morgan fingerprint density at radius 2 is 1.71 bits per heavy atom. The quantitative estimate of drug-likeness (QED) is 0.548. The Hall–Kier alpha value is -4.07. The zero-order chi connectivity index (χ0) is 24.6. The number of amides is 2. The number of furan rings is 1. The third kappa shape index (κ3) is 4.05. The van der Waals surface area contributed by atoms with Gasteiger partial charge < -0.3 is 24.5 Å². The van der Waals surface area contributed by atoms with Gasteiger partial charge in [-0.05, 0) is 54.2 Å². The second-order valence-electron chi connectivity index (χ2n) is 9.08. The van der Waals surface area contributed by atoms with E-state index in [9.17, 15) is 19.5 Å². The molecule has 8 heteroatoms. The minimum Gasteiger partial charge on any atom is -0.480 e. The molecule has 1 unspecified atom stereocenters. The molecule has 5 rings (SSSR count). The molecule has 0 bridgehead atoms. The maximum Gasteiger partial charge on any atom is 0.407 e. The summed E-state index contributed by atoms with van der Waals surface area (Å²) < 4.78 is 11.1. The molecule has 0 radical (unpaired) electrons. The van der Waals surface area contributed by atoms with Crippen LogP contribution in [-0.2, 0) is 16.1 Å². The van der Waals surface area contributed by atoms with Gasteiger partial charge in [0.1, 0.15) is 17.9 Å². The molecule has 2 aromatic carbocycles. The summed E-state index contributed by atoms with van der Waals surface area (Å²) in [6.07, 6.45) is 0.422. The van der Waals surface area contributed by atoms with Gasteiger partial charge in [0.15, 0.2) is 5.76 Å². The van der Waals surface area contributed by atoms with Gasteiger partial charge in [0, 0.05) is 12.5 Å². The van der Waals surface area contributed by atoms with Crippen LogP contribution in [0.1, 0.15) is 53.1 Å². The van der Waals surface area contributed by atoms with Gasteiger partial charge in [-0.2, -0.15) is 0 Å². The number of benzene rings is 2. The topological polar surface area (TPSA) is 109 Å². The first-order valence-electron chi connectivity index (χ1n) is 11.6. The average Bonchev–Trinajstić information content (AvgIpc) is 3.57. The SMILES string of the molecule is CC1(C(=O)O)CCCN1C(=O)c1ccc(CNC(=O)OCC2c3ccccc3-c3ccccc32)o1. The van der Waals surface area contributed by atoms with Gasteiger partial charge in [0.2, 0.25) is 0 Å². The lowest BCUT2D eigenvalue weighted by Crippen LogP contribution is -2.50. The first-order chi connectivity index (χ1) is 16.9. The highest BCUT2D eigenvalue weighted by atomic mass is 16.5. The van der Waals surface area contributed by atoms with Crippen molar-refractivity contribution in [2.75, 3.05) is 13.2 Å². The summed E-state index contributed by atoms with van der Waals surface area (Å²) in [5.41, 5.74) is 3.32. The second kappa shape index (κ2) is 8.94. The van der Waals surface area contributed by atoms with Crippen LogP contribution in [0, 0.1) is 0 Å². The molecule has 2 amide bonds. The van der Waals surface area contributed by atoms with E-state index in [0.717, 1.165) is 22.3 Å². The van der Waals surface area contributed by atoms with E-state index in [1.54, 1.807) is 13.0 Å². The van der Waals surface area contributed by atoms with Crippen molar-refractivity contribution in [3.8, 4) is 11.1 Å². The van der Waals surface area contributed by atoms with Gasteiger partial charge in [-0.1, -0.05) is 48.5 Å². The molecule has 2 aliphatic rings. The zero-order valence-electron chi connectivity index (χ0n) is 19.3. The van der Waals surface area contributed by atoms with Crippen molar-refractivity contribution < 1.29 is 28.6 Å². The van der Waals surface area contributed by atoms with Crippen molar-refractivity contribution in [1.29, 1.82) is 0 Å². The lowest BCUT2D eigenvalue weighted by Gasteiger charge is -2.30. The Kier molecular flexibility index (Phi) is 5.80. The Bertz CT molecular complexity index is 1250. The van der Waals surface area contributed by atoms with E-state index in [1.807, 2.05) is 24.3 Å². The largest absolute Gasteiger partial charge is 0.480 e. The number of carbonyl (C=O) groups is 3. The predicted octanol–water partition coefficient (Wildman–Crippen LogP) is 4.40. The smallest absolute Gasteiger partial charge is 0.407 e. The molecular weight excluding hydrogens is 448 g/mol. The number of fused-ring (bicyclic) bond motifs is 3. The third-order valence-electron chi connectivity index (χ3n) is 6.97. The normalized spacial score (nSPS) is 18.7. The molecule has 1 saturated heterocycles. The highest BCUT2D eigenvalue weighted by molar-refractivity contribution is 5.96. The van der Waals surface area contributed by atoms with E-state index < -0.39 is 23.5 Å². The molecule has 1 aliphatic heterocycles. The molecule has 180 valence electrons. The zero-order valence-corrected chi connectivity index (χ0v) is 19.3. The molecule has 1 aromatic heterocycles. The van der Waals surface area contributed by atoms with E-state index in [4.69, 9.17) is 9.15 Å². The predicted molar refractivity (Wildman–Crippen MR) is 127 cm³/mol. The summed E-state index contributed by atoms with van der Waals surface area (Å²) >= 11 is 0. The maximum absolute atomic E-state index is 12.8. The molecule has 8 nitrogen and oxygen atoms in total. The minimum atomic E-state index is -1.25. The highest BCUT2D eigenvalue weighted by Crippen LogP contribution is 2.44. The van der Waals surface area contributed by atoms with Crippen LogP contribution in [0.2, 0.25) is 0 Å². The second-order valence-corrected chi connectivity index (χ2v) is 9.08. The van der Waals surface area contributed by atoms with Gasteiger partial charge in [-0.3, -0.25) is 4.79 Å². The molecule has 2 heterocycles. The van der Waals surface area contributed by atoms with E-state index in [1.165, 1.54) is 11.0 Å². The number of nitrogens with zero attached hydrogens (tertiary/aromatic N) is 1. The van der Waals surface area contributed by atoms with E-state index >= 15 is 0 Å². The Balaban J connectivity index is 1.18. The van der Waals surface area contributed by atoms with Crippen LogP contribution >= 0.6 is 0 Å². The molecular formula is C27H26N2O6. The number of alkyl carbamates (subject to hydrolysis) is 1. The van der Waals surface area contributed by atoms with Gasteiger partial charge >= 0.3 is 12.1 Å². The standard InChI is InChI=1S/C27H26N2O6/c1-27(25(31)32)13-6-14-29(27)24(30)23-12-11-17(35-23)15-28-26(33)34-16-22-20-9-4-2-7-18(20)19-8-3-5-10-21(19)22/h2-5,7-12,22H,6,13-16H2,1H3,(H,28,33)(H,31,32). The van der Waals surface area contributed by atoms with Crippen molar-refractivity contribution in [3.63, 3.8) is 0 Å². The number of likely N-dealkylation sites (tertiary alicyclic amines) is 1. The monoisotopic (exact) mass is 474 g/mol. The fourth-order valence-corrected chi connectivity index (χ4v) is 5.04. The van der Waals surface area contributed by atoms with Crippen LogP contribution in [0.25, 0.3) is 11.1 Å². The summed E-state index contributed by atoms with van der Waals surface area (Å²) in [5, 5.41) is 12.2. The number of carboxylic acids is 1. The first-order valence-corrected chi connectivity index (χ1v) is 11.6. The van der Waals surface area contributed by atoms with Crippen LogP contribution in [0.4, 0.5) is 4.79 Å². The van der Waals surface area contributed by atoms with Gasteiger partial charge in [-0.25, -0.2) is 9.59 Å². The summed E-state index contributed by atoms with van der Waals surface area (Å²) in [7, 11) is 0. The first kappa shape index (κ1) is 22.7. The van der Waals surface area contributed by atoms with Crippen LogP contribution in [0.15, 0.2) is 65.1 Å². The Morgan fingerprint density at radius 3 is 2.37 bits per heavy atom. The lowest BCUT2D eigenvalue weighted by molar-refractivity contribution is -0.147. The summed E-state index contributed by atoms with van der Waals surface area (Å²) in [4.78, 5) is 38.2. The fraction of sp³-hybridized carbons (Fsp3) is 0.296. The number of rotatable bonds is 6. The number of ether oxygens (including phenoxy) is 1. The molecule has 0 spiro atoms. The molecule has 35 heavy (non-hydrogen) atoms. The molecule has 1 atom stereocenters. The molecule has 3 aromatic rings. The van der Waals surface area contributed by atoms with Crippen LogP contribution in [-0.4, -0.2) is 46.7 Å². The summed E-state index contributed by atoms with van der Waals surface area (Å²) in [6, 6.07) is 19.3. The molecule has 2 N–H and O–H groups in total. The van der Waals surface area contributed by atoms with Gasteiger partial charge in [0.05, 0.1) is 6.54 Å². The minimum absolute atomic E-state index is 0.0370. The third-order valence-corrected chi connectivity index (χ3v) is 6.97. The highest BCUT2D eigenvalue weighted by Gasteiger charge is 2.46. The van der Waals surface area contributed by atoms with Crippen molar-refractivity contribution in [2.24, 2.45) is 0 Å². The number of carbonyl (C=O) groups excluding carboxylic acids is 2. The molecule has 1 fully saturated rings. The lowest BCUT2D eigenvalue weighted by atomic mass is 9.98. The fourth-order valence-electron chi connectivity index (χ4n) is 5.04. The van der Waals surface area contributed by atoms with E-state index in [2.05, 4.69) is 29.6 Å². The van der Waals surface area contributed by atoms with Crippen LogP contribution in [0.3, 0.4) is 0 Å². The van der Waals surface area contributed by atoms with Gasteiger partial charge in [0.25, 0.3) is 5.91 Å². The maximum atomic E-state index is 12.8. The summed E-state index contributed by atoms with van der Waals surface area (Å²) in [6.45, 7) is 2.14. The average molecular weight is 475 g/mol. The number of hydrogen-bond acceptors (Lipinski definition) is 5. The number of aliphatic carboxylic acids is 1. The Labute approximate surface area is 202 Å². The van der Waals surface area contributed by atoms with Crippen molar-refractivity contribution in [1.82, 2.24) is 10.2 Å². The van der Waals surface area contributed by atoms with Crippen LogP contribution in [0.5, 0.6) is 0 Å². The van der Waals surface area contributed by atoms with Crippen molar-refractivity contribution >= 4 is 18.0 Å². The Morgan fingerprint density at radius 1 is 1.06 bits per heavy atom. The van der Waals surface area contributed by atoms with E-state index in [-0.39, 0.29) is 24.8 Å². The van der Waals surface area contributed by atoms with Gasteiger partial charge in [-0.15, -0.1) is 0 Å².